The number of hydrogen-bond acceptors (Lipinski definition) is 4. The van der Waals surface area contributed by atoms with Crippen LogP contribution in [0.5, 0.6) is 0 Å². The lowest BCUT2D eigenvalue weighted by Gasteiger charge is -2.07. The van der Waals surface area contributed by atoms with Gasteiger partial charge in [0.1, 0.15) is 6.42 Å². The molecule has 6 heteroatoms. The Labute approximate surface area is 133 Å². The van der Waals surface area contributed by atoms with Gasteiger partial charge in [0.15, 0.2) is 5.78 Å². The number of pyridine rings is 1. The molecule has 23 heavy (non-hydrogen) atoms. The number of amides is 2. The van der Waals surface area contributed by atoms with E-state index in [9.17, 15) is 14.4 Å². The van der Waals surface area contributed by atoms with Gasteiger partial charge in [-0.25, -0.2) is 0 Å². The van der Waals surface area contributed by atoms with Crippen molar-refractivity contribution in [3.8, 4) is 0 Å². The van der Waals surface area contributed by atoms with Crippen molar-refractivity contribution in [1.29, 1.82) is 0 Å². The first-order chi connectivity index (χ1) is 11.0. The Morgan fingerprint density at radius 2 is 1.78 bits per heavy atom. The highest BCUT2D eigenvalue weighted by Gasteiger charge is 2.10. The van der Waals surface area contributed by atoms with Gasteiger partial charge in [-0.1, -0.05) is 6.07 Å². The molecule has 118 valence electrons. The number of hydrogen-bond donors (Lipinski definition) is 2. The quantitative estimate of drug-likeness (QED) is 0.630. The predicted molar refractivity (Wildman–Crippen MR) is 85.8 cm³/mol. The first-order valence-electron chi connectivity index (χ1n) is 7.11. The zero-order valence-electron chi connectivity index (χ0n) is 12.7. The average molecular weight is 311 g/mol. The number of nitrogens with zero attached hydrogens (tertiary/aromatic N) is 1. The smallest absolute Gasteiger partial charge is 0.233 e. The summed E-state index contributed by atoms with van der Waals surface area (Å²) in [6.07, 6.45) is 3.03. The molecular weight excluding hydrogens is 294 g/mol. The molecule has 1 aromatic carbocycles. The number of carbonyl (C=O) groups excluding carboxylic acids is 3. The van der Waals surface area contributed by atoms with Crippen molar-refractivity contribution >= 4 is 23.3 Å². The minimum absolute atomic E-state index is 0.0438. The van der Waals surface area contributed by atoms with Crippen molar-refractivity contribution in [2.24, 2.45) is 0 Å². The van der Waals surface area contributed by atoms with Crippen LogP contribution in [-0.4, -0.2) is 22.6 Å². The maximum Gasteiger partial charge on any atom is 0.233 e. The van der Waals surface area contributed by atoms with Gasteiger partial charge in [-0.05, 0) is 42.8 Å². The Balaban J connectivity index is 1.79. The molecule has 0 saturated carbocycles. The van der Waals surface area contributed by atoms with Gasteiger partial charge in [-0.3, -0.25) is 19.4 Å². The molecule has 0 fully saturated rings. The Morgan fingerprint density at radius 3 is 2.39 bits per heavy atom. The first kappa shape index (κ1) is 16.4. The van der Waals surface area contributed by atoms with Crippen LogP contribution in [0, 0.1) is 0 Å². The fraction of sp³-hybridized carbons (Fsp3) is 0.176. The minimum Gasteiger partial charge on any atom is -0.352 e. The lowest BCUT2D eigenvalue weighted by Crippen LogP contribution is -2.27. The summed E-state index contributed by atoms with van der Waals surface area (Å²) in [5.74, 6) is -0.825. The van der Waals surface area contributed by atoms with Crippen LogP contribution in [0.1, 0.15) is 29.3 Å². The number of nitrogens with one attached hydrogen (secondary N) is 2. The molecule has 0 atom stereocenters. The molecule has 0 aliphatic carbocycles. The van der Waals surface area contributed by atoms with Crippen molar-refractivity contribution < 1.29 is 14.4 Å². The van der Waals surface area contributed by atoms with Crippen LogP contribution in [0.3, 0.4) is 0 Å². The van der Waals surface area contributed by atoms with E-state index in [4.69, 9.17) is 0 Å². The molecule has 2 aromatic rings. The molecule has 0 aliphatic heterocycles. The summed E-state index contributed by atoms with van der Waals surface area (Å²) in [7, 11) is 0. The fourth-order valence-corrected chi connectivity index (χ4v) is 1.91. The summed E-state index contributed by atoms with van der Waals surface area (Å²) in [5, 5.41) is 5.27. The molecule has 1 aromatic heterocycles. The first-order valence-corrected chi connectivity index (χ1v) is 7.11. The summed E-state index contributed by atoms with van der Waals surface area (Å²) in [6.45, 7) is 1.80. The van der Waals surface area contributed by atoms with E-state index in [1.54, 1.807) is 42.7 Å². The summed E-state index contributed by atoms with van der Waals surface area (Å²) >= 11 is 0. The van der Waals surface area contributed by atoms with Gasteiger partial charge in [0.05, 0.1) is 0 Å². The molecule has 0 aliphatic rings. The molecule has 0 unspecified atom stereocenters. The second-order valence-corrected chi connectivity index (χ2v) is 5.00. The Kier molecular flexibility index (Phi) is 5.57. The van der Waals surface area contributed by atoms with Gasteiger partial charge in [-0.15, -0.1) is 0 Å². The molecule has 0 saturated heterocycles. The third-order valence-corrected chi connectivity index (χ3v) is 3.11. The lowest BCUT2D eigenvalue weighted by molar-refractivity contribution is -0.126. The van der Waals surface area contributed by atoms with E-state index in [2.05, 4.69) is 15.6 Å². The van der Waals surface area contributed by atoms with Crippen LogP contribution >= 0.6 is 0 Å². The summed E-state index contributed by atoms with van der Waals surface area (Å²) in [6, 6.07) is 10.1. The van der Waals surface area contributed by atoms with Gasteiger partial charge in [-0.2, -0.15) is 0 Å². The highest BCUT2D eigenvalue weighted by Crippen LogP contribution is 2.10. The zero-order valence-corrected chi connectivity index (χ0v) is 12.7. The van der Waals surface area contributed by atoms with E-state index in [-0.39, 0.29) is 18.1 Å². The fourth-order valence-electron chi connectivity index (χ4n) is 1.91. The van der Waals surface area contributed by atoms with Crippen LogP contribution in [0.4, 0.5) is 5.69 Å². The van der Waals surface area contributed by atoms with Crippen LogP contribution in [0.2, 0.25) is 0 Å². The molecule has 2 rings (SSSR count). The normalized spacial score (nSPS) is 9.96. The van der Waals surface area contributed by atoms with Crippen LogP contribution in [0.25, 0.3) is 0 Å². The second kappa shape index (κ2) is 7.84. The maximum atomic E-state index is 11.8. The number of benzene rings is 1. The lowest BCUT2D eigenvalue weighted by atomic mass is 10.1. The Bertz CT molecular complexity index is 697. The van der Waals surface area contributed by atoms with Crippen molar-refractivity contribution in [2.45, 2.75) is 19.9 Å². The van der Waals surface area contributed by atoms with Crippen molar-refractivity contribution in [3.63, 3.8) is 0 Å². The van der Waals surface area contributed by atoms with E-state index in [1.165, 1.54) is 6.92 Å². The van der Waals surface area contributed by atoms with E-state index < -0.39 is 5.91 Å². The number of carbonyl (C=O) groups is 3. The van der Waals surface area contributed by atoms with Crippen LogP contribution in [0.15, 0.2) is 48.8 Å². The summed E-state index contributed by atoms with van der Waals surface area (Å²) in [4.78, 5) is 38.6. The van der Waals surface area contributed by atoms with Crippen molar-refractivity contribution in [1.82, 2.24) is 10.3 Å². The highest BCUT2D eigenvalue weighted by atomic mass is 16.2. The monoisotopic (exact) mass is 311 g/mol. The van der Waals surface area contributed by atoms with E-state index in [0.717, 1.165) is 5.56 Å². The van der Waals surface area contributed by atoms with Crippen LogP contribution < -0.4 is 10.6 Å². The molecule has 0 radical (unpaired) electrons. The molecule has 0 spiro atoms. The zero-order chi connectivity index (χ0) is 16.7. The highest BCUT2D eigenvalue weighted by molar-refractivity contribution is 6.03. The molecule has 2 N–H and O–H groups in total. The summed E-state index contributed by atoms with van der Waals surface area (Å²) in [5.41, 5.74) is 1.97. The van der Waals surface area contributed by atoms with Gasteiger partial charge >= 0.3 is 0 Å². The number of Topliss-reactive ketones (excluding diaryl/α,β-unsaturated/α-hetero) is 1. The van der Waals surface area contributed by atoms with Crippen molar-refractivity contribution in [3.05, 3.63) is 59.9 Å². The van der Waals surface area contributed by atoms with E-state index in [1.807, 2.05) is 6.07 Å². The summed E-state index contributed by atoms with van der Waals surface area (Å²) < 4.78 is 0. The SMILES string of the molecule is CC(=O)c1ccc(NC(=O)CC(=O)NCc2cccnc2)cc1. The second-order valence-electron chi connectivity index (χ2n) is 5.00. The third-order valence-electron chi connectivity index (χ3n) is 3.11. The van der Waals surface area contributed by atoms with E-state index >= 15 is 0 Å². The molecule has 1 heterocycles. The standard InChI is InChI=1S/C17H17N3O3/c1-12(21)14-4-6-15(7-5-14)20-17(23)9-16(22)19-11-13-3-2-8-18-10-13/h2-8,10H,9,11H2,1H3,(H,19,22)(H,20,23). The Hall–Kier alpha value is -3.02. The van der Waals surface area contributed by atoms with Crippen molar-refractivity contribution in [2.75, 3.05) is 5.32 Å². The van der Waals surface area contributed by atoms with Gasteiger partial charge in [0.25, 0.3) is 0 Å². The molecule has 6 nitrogen and oxygen atoms in total. The Morgan fingerprint density at radius 1 is 1.04 bits per heavy atom. The topological polar surface area (TPSA) is 88.2 Å². The average Bonchev–Trinajstić information content (AvgIpc) is 2.54. The third kappa shape index (κ3) is 5.35. The largest absolute Gasteiger partial charge is 0.352 e. The number of anilines is 1. The van der Waals surface area contributed by atoms with Gasteiger partial charge in [0, 0.05) is 30.2 Å². The molecular formula is C17H17N3O3. The molecule has 2 amide bonds. The maximum absolute atomic E-state index is 11.8. The van der Waals surface area contributed by atoms with Crippen LogP contribution in [-0.2, 0) is 16.1 Å². The number of ketones is 1. The predicted octanol–water partition coefficient (Wildman–Crippen LogP) is 1.93. The molecule has 0 bridgehead atoms. The van der Waals surface area contributed by atoms with Gasteiger partial charge < -0.3 is 10.6 Å². The van der Waals surface area contributed by atoms with E-state index in [0.29, 0.717) is 17.8 Å². The minimum atomic E-state index is -0.413. The number of rotatable bonds is 6. The number of aromatic nitrogens is 1. The van der Waals surface area contributed by atoms with Gasteiger partial charge in [0.2, 0.25) is 11.8 Å².